The molecular weight excluding hydrogens is 554 g/mol. The normalized spacial score (nSPS) is 15.9. The van der Waals surface area contributed by atoms with Crippen LogP contribution < -0.4 is 10.2 Å². The van der Waals surface area contributed by atoms with Crippen LogP contribution in [0.4, 0.5) is 5.13 Å². The number of nitrogens with zero attached hydrogens (tertiary/aromatic N) is 3. The number of likely N-dealkylation sites (N-methyl/N-ethyl adjacent to an activating group) is 1. The van der Waals surface area contributed by atoms with Crippen LogP contribution in [0.3, 0.4) is 0 Å². The molecule has 0 spiro atoms. The zero-order chi connectivity index (χ0) is 22.7. The molecule has 9 heteroatoms. The van der Waals surface area contributed by atoms with Crippen molar-refractivity contribution in [3.05, 3.63) is 43.9 Å². The lowest BCUT2D eigenvalue weighted by atomic mass is 10.0. The van der Waals surface area contributed by atoms with E-state index in [2.05, 4.69) is 83.2 Å². The summed E-state index contributed by atoms with van der Waals surface area (Å²) in [5, 5.41) is 5.41. The zero-order valence-electron chi connectivity index (χ0n) is 18.5. The largest absolute Gasteiger partial charge is 0.360 e. The van der Waals surface area contributed by atoms with Gasteiger partial charge >= 0.3 is 0 Å². The molecule has 32 heavy (non-hydrogen) atoms. The number of amides is 1. The van der Waals surface area contributed by atoms with Gasteiger partial charge in [-0.1, -0.05) is 47.0 Å². The number of piperazine rings is 1. The molecule has 1 aromatic carbocycles. The first kappa shape index (κ1) is 23.7. The number of unbranched alkanes of at least 4 members (excludes halogenated alkanes) is 1. The van der Waals surface area contributed by atoms with E-state index in [1.807, 2.05) is 6.07 Å². The number of hydrogen-bond acceptors (Lipinski definition) is 5. The van der Waals surface area contributed by atoms with Gasteiger partial charge in [0.15, 0.2) is 5.13 Å². The summed E-state index contributed by atoms with van der Waals surface area (Å²) in [7, 11) is 2.14. The third-order valence-corrected chi connectivity index (χ3v) is 8.13. The first-order chi connectivity index (χ1) is 15.4. The molecule has 6 nitrogen and oxygen atoms in total. The maximum absolute atomic E-state index is 13.1. The van der Waals surface area contributed by atoms with Gasteiger partial charge in [-0.2, -0.15) is 0 Å². The Morgan fingerprint density at radius 1 is 1.28 bits per heavy atom. The Hall–Kier alpha value is -1.42. The lowest BCUT2D eigenvalue weighted by Gasteiger charge is -2.32. The summed E-state index contributed by atoms with van der Waals surface area (Å²) in [6.07, 6.45) is 7.71. The Balaban J connectivity index is 1.47. The summed E-state index contributed by atoms with van der Waals surface area (Å²) < 4.78 is 2.07. The predicted octanol–water partition coefficient (Wildman–Crippen LogP) is 5.43. The highest BCUT2D eigenvalue weighted by Crippen LogP contribution is 2.31. The maximum atomic E-state index is 13.1. The van der Waals surface area contributed by atoms with E-state index < -0.39 is 0 Å². The number of fused-ring (bicyclic) bond motifs is 1. The maximum Gasteiger partial charge on any atom is 0.263 e. The minimum Gasteiger partial charge on any atom is -0.360 e. The quantitative estimate of drug-likeness (QED) is 0.371. The van der Waals surface area contributed by atoms with Crippen LogP contribution in [0, 0.1) is 0 Å². The van der Waals surface area contributed by atoms with Gasteiger partial charge < -0.3 is 20.1 Å². The van der Waals surface area contributed by atoms with Gasteiger partial charge in [0.2, 0.25) is 0 Å². The molecular formula is C23H29Br2N5OS. The first-order valence-corrected chi connectivity index (χ1v) is 13.5. The molecule has 3 heterocycles. The number of H-pyrrole nitrogens is 1. The van der Waals surface area contributed by atoms with Crippen molar-refractivity contribution in [2.45, 2.75) is 38.6 Å². The Labute approximate surface area is 210 Å². The fraction of sp³-hybridized carbons (Fsp3) is 0.478. The summed E-state index contributed by atoms with van der Waals surface area (Å²) in [4.78, 5) is 26.3. The van der Waals surface area contributed by atoms with Gasteiger partial charge in [0, 0.05) is 52.7 Å². The second kappa shape index (κ2) is 10.7. The lowest BCUT2D eigenvalue weighted by molar-refractivity contribution is 0.0938. The van der Waals surface area contributed by atoms with Gasteiger partial charge in [-0.3, -0.25) is 4.79 Å². The van der Waals surface area contributed by atoms with Crippen molar-refractivity contribution in [3.8, 4) is 0 Å². The number of anilines is 1. The van der Waals surface area contributed by atoms with Gasteiger partial charge in [-0.15, -0.1) is 0 Å². The average Bonchev–Trinajstić information content (AvgIpc) is 3.41. The third kappa shape index (κ3) is 5.55. The fourth-order valence-corrected chi connectivity index (χ4v) is 6.30. The van der Waals surface area contributed by atoms with Crippen molar-refractivity contribution in [2.24, 2.45) is 0 Å². The molecule has 172 valence electrons. The van der Waals surface area contributed by atoms with Gasteiger partial charge in [-0.25, -0.2) is 4.98 Å². The molecule has 1 fully saturated rings. The molecule has 2 N–H and O–H groups in total. The highest BCUT2D eigenvalue weighted by atomic mass is 79.9. The molecule has 1 saturated heterocycles. The Morgan fingerprint density at radius 3 is 2.81 bits per heavy atom. The molecule has 2 aromatic heterocycles. The Morgan fingerprint density at radius 2 is 2.06 bits per heavy atom. The summed E-state index contributed by atoms with van der Waals surface area (Å²) in [6, 6.07) is 4.25. The van der Waals surface area contributed by atoms with E-state index in [1.165, 1.54) is 22.3 Å². The third-order valence-electron chi connectivity index (χ3n) is 5.99. The van der Waals surface area contributed by atoms with Crippen molar-refractivity contribution in [1.29, 1.82) is 0 Å². The van der Waals surface area contributed by atoms with E-state index in [0.717, 1.165) is 71.5 Å². The highest BCUT2D eigenvalue weighted by Gasteiger charge is 2.21. The molecule has 1 unspecified atom stereocenters. The second-order valence-electron chi connectivity index (χ2n) is 8.44. The SMILES string of the molecule is CCCCC(Cc1c[nH]c2c(Br)cc(Br)cc12)NC(=O)c1cnc(N2CCN(C)CC2)s1. The number of halogens is 2. The smallest absolute Gasteiger partial charge is 0.263 e. The van der Waals surface area contributed by atoms with Crippen LogP contribution in [0.2, 0.25) is 0 Å². The van der Waals surface area contributed by atoms with Gasteiger partial charge in [-0.05, 0) is 53.5 Å². The molecule has 1 atom stereocenters. The first-order valence-electron chi connectivity index (χ1n) is 11.1. The molecule has 1 aliphatic heterocycles. The monoisotopic (exact) mass is 581 g/mol. The number of aromatic nitrogens is 2. The molecule has 3 aromatic rings. The fourth-order valence-electron chi connectivity index (χ4n) is 4.09. The van der Waals surface area contributed by atoms with Crippen molar-refractivity contribution in [2.75, 3.05) is 38.1 Å². The Bertz CT molecular complexity index is 1070. The molecule has 0 aliphatic carbocycles. The zero-order valence-corrected chi connectivity index (χ0v) is 22.4. The van der Waals surface area contributed by atoms with E-state index in [9.17, 15) is 4.79 Å². The molecule has 1 aliphatic rings. The molecule has 0 radical (unpaired) electrons. The average molecular weight is 583 g/mol. The van der Waals surface area contributed by atoms with Gasteiger partial charge in [0.1, 0.15) is 4.88 Å². The van der Waals surface area contributed by atoms with Crippen molar-refractivity contribution in [1.82, 2.24) is 20.2 Å². The van der Waals surface area contributed by atoms with Crippen molar-refractivity contribution in [3.63, 3.8) is 0 Å². The highest BCUT2D eigenvalue weighted by molar-refractivity contribution is 9.11. The van der Waals surface area contributed by atoms with E-state index in [-0.39, 0.29) is 11.9 Å². The summed E-state index contributed by atoms with van der Waals surface area (Å²) in [6.45, 7) is 6.14. The number of thiazole rings is 1. The standard InChI is InChI=1S/C23H29Br2N5OS/c1-3-4-5-17(10-15-13-26-21-18(15)11-16(24)12-19(21)25)28-22(31)20-14-27-23(32-20)30-8-6-29(2)7-9-30/h11-14,17,26H,3-10H2,1-2H3,(H,28,31). The van der Waals surface area contributed by atoms with E-state index in [0.29, 0.717) is 4.88 Å². The minimum atomic E-state index is -0.0221. The second-order valence-corrected chi connectivity index (χ2v) is 11.2. The predicted molar refractivity (Wildman–Crippen MR) is 140 cm³/mol. The molecule has 4 rings (SSSR count). The van der Waals surface area contributed by atoms with Crippen molar-refractivity contribution >= 4 is 65.1 Å². The number of carbonyl (C=O) groups is 1. The summed E-state index contributed by atoms with van der Waals surface area (Å²) in [5.74, 6) is -0.0221. The molecule has 0 bridgehead atoms. The number of hydrogen-bond donors (Lipinski definition) is 2. The van der Waals surface area contributed by atoms with Crippen LogP contribution in [0.25, 0.3) is 10.9 Å². The summed E-state index contributed by atoms with van der Waals surface area (Å²) >= 11 is 8.72. The van der Waals surface area contributed by atoms with Crippen LogP contribution >= 0.6 is 43.2 Å². The van der Waals surface area contributed by atoms with Crippen LogP contribution in [0.15, 0.2) is 33.5 Å². The Kier molecular flexibility index (Phi) is 7.91. The molecule has 1 amide bonds. The van der Waals surface area contributed by atoms with Crippen molar-refractivity contribution < 1.29 is 4.79 Å². The van der Waals surface area contributed by atoms with Gasteiger partial charge in [0.25, 0.3) is 5.91 Å². The van der Waals surface area contributed by atoms with Crippen LogP contribution in [0.5, 0.6) is 0 Å². The number of benzene rings is 1. The topological polar surface area (TPSA) is 64.3 Å². The van der Waals surface area contributed by atoms with E-state index in [4.69, 9.17) is 0 Å². The van der Waals surface area contributed by atoms with Crippen LogP contribution in [-0.4, -0.2) is 60.0 Å². The van der Waals surface area contributed by atoms with Gasteiger partial charge in [0.05, 0.1) is 11.7 Å². The molecule has 0 saturated carbocycles. The number of aromatic amines is 1. The number of nitrogens with one attached hydrogen (secondary N) is 2. The lowest BCUT2D eigenvalue weighted by Crippen LogP contribution is -2.44. The van der Waals surface area contributed by atoms with E-state index in [1.54, 1.807) is 6.20 Å². The van der Waals surface area contributed by atoms with E-state index >= 15 is 0 Å². The number of rotatable bonds is 8. The minimum absolute atomic E-state index is 0.0221. The van der Waals surface area contributed by atoms with Crippen LogP contribution in [-0.2, 0) is 6.42 Å². The summed E-state index contributed by atoms with van der Waals surface area (Å²) in [5.41, 5.74) is 2.30. The van der Waals surface area contributed by atoms with Crippen LogP contribution in [0.1, 0.15) is 41.4 Å². The number of carbonyl (C=O) groups excluding carboxylic acids is 1.